The first kappa shape index (κ1) is 9.99. The van der Waals surface area contributed by atoms with E-state index in [0.29, 0.717) is 12.4 Å². The molecule has 0 unspecified atom stereocenters. The number of aliphatic hydroxyl groups excluding tert-OH is 1. The molecule has 0 aromatic rings. The van der Waals surface area contributed by atoms with Gasteiger partial charge in [-0.1, -0.05) is 0 Å². The van der Waals surface area contributed by atoms with Crippen molar-refractivity contribution in [2.75, 3.05) is 13.2 Å². The van der Waals surface area contributed by atoms with Gasteiger partial charge in [0.2, 0.25) is 0 Å². The molecule has 0 saturated carbocycles. The Labute approximate surface area is 66.9 Å². The van der Waals surface area contributed by atoms with Gasteiger partial charge in [0.15, 0.2) is 0 Å². The maximum Gasteiger partial charge on any atom is 0.103 e. The second kappa shape index (κ2) is 7.10. The van der Waals surface area contributed by atoms with Crippen molar-refractivity contribution in [3.8, 4) is 6.07 Å². The highest BCUT2D eigenvalue weighted by molar-refractivity contribution is 5.05. The zero-order valence-electron chi connectivity index (χ0n) is 6.71. The Balaban J connectivity index is 3.26. The molecule has 0 aromatic heterocycles. The molecule has 0 rings (SSSR count). The topological polar surface area (TPSA) is 53.2 Å². The second-order valence-electron chi connectivity index (χ2n) is 2.16. The largest absolute Gasteiger partial charge is 0.497 e. The SMILES string of the molecule is C/C(=C\C#N)OCCCCO. The van der Waals surface area contributed by atoms with Crippen molar-refractivity contribution in [1.29, 1.82) is 5.26 Å². The fraction of sp³-hybridized carbons (Fsp3) is 0.625. The normalized spacial score (nSPS) is 10.8. The molecule has 0 aromatic carbocycles. The van der Waals surface area contributed by atoms with Gasteiger partial charge in [0.05, 0.1) is 18.8 Å². The van der Waals surface area contributed by atoms with Crippen LogP contribution in [0.25, 0.3) is 0 Å². The Bertz CT molecular complexity index is 158. The van der Waals surface area contributed by atoms with Crippen LogP contribution >= 0.6 is 0 Å². The van der Waals surface area contributed by atoms with Crippen LogP contribution in [0.1, 0.15) is 19.8 Å². The summed E-state index contributed by atoms with van der Waals surface area (Å²) in [6.45, 7) is 2.51. The van der Waals surface area contributed by atoms with Crippen LogP contribution in [-0.2, 0) is 4.74 Å². The first-order valence-electron chi connectivity index (χ1n) is 3.61. The summed E-state index contributed by atoms with van der Waals surface area (Å²) in [5, 5.41) is 16.6. The number of nitrogens with zero attached hydrogens (tertiary/aromatic N) is 1. The lowest BCUT2D eigenvalue weighted by Gasteiger charge is -2.02. The number of hydrogen-bond donors (Lipinski definition) is 1. The van der Waals surface area contributed by atoms with Gasteiger partial charge in [-0.3, -0.25) is 0 Å². The van der Waals surface area contributed by atoms with Gasteiger partial charge in [-0.2, -0.15) is 5.26 Å². The van der Waals surface area contributed by atoms with E-state index >= 15 is 0 Å². The van der Waals surface area contributed by atoms with Crippen LogP contribution in [0.2, 0.25) is 0 Å². The van der Waals surface area contributed by atoms with E-state index in [1.807, 2.05) is 6.07 Å². The van der Waals surface area contributed by atoms with E-state index in [1.165, 1.54) is 6.08 Å². The number of rotatable bonds is 5. The number of ether oxygens (including phenoxy) is 1. The van der Waals surface area contributed by atoms with Crippen molar-refractivity contribution < 1.29 is 9.84 Å². The third kappa shape index (κ3) is 6.88. The van der Waals surface area contributed by atoms with Crippen LogP contribution in [-0.4, -0.2) is 18.3 Å². The van der Waals surface area contributed by atoms with Crippen LogP contribution < -0.4 is 0 Å². The standard InChI is InChI=1S/C8H13NO2/c1-8(4-5-9)11-7-3-2-6-10/h4,10H,2-3,6-7H2,1H3/b8-4+. The summed E-state index contributed by atoms with van der Waals surface area (Å²) in [4.78, 5) is 0. The highest BCUT2D eigenvalue weighted by Gasteiger charge is 1.89. The van der Waals surface area contributed by atoms with Crippen LogP contribution in [0.3, 0.4) is 0 Å². The first-order valence-corrected chi connectivity index (χ1v) is 3.61. The summed E-state index contributed by atoms with van der Waals surface area (Å²) in [6.07, 6.45) is 2.94. The van der Waals surface area contributed by atoms with Crippen LogP contribution in [0, 0.1) is 11.3 Å². The Kier molecular flexibility index (Phi) is 6.45. The lowest BCUT2D eigenvalue weighted by atomic mass is 10.3. The van der Waals surface area contributed by atoms with E-state index in [2.05, 4.69) is 0 Å². The molecule has 62 valence electrons. The molecule has 0 radical (unpaired) electrons. The van der Waals surface area contributed by atoms with E-state index in [-0.39, 0.29) is 6.61 Å². The average molecular weight is 155 g/mol. The number of nitriles is 1. The molecule has 0 atom stereocenters. The summed E-state index contributed by atoms with van der Waals surface area (Å²) < 4.78 is 5.11. The molecule has 0 spiro atoms. The fourth-order valence-electron chi connectivity index (χ4n) is 0.580. The summed E-state index contributed by atoms with van der Waals surface area (Å²) in [5.41, 5.74) is 0. The lowest BCUT2D eigenvalue weighted by molar-refractivity contribution is 0.194. The van der Waals surface area contributed by atoms with Crippen LogP contribution in [0.4, 0.5) is 0 Å². The van der Waals surface area contributed by atoms with Crippen molar-refractivity contribution in [2.24, 2.45) is 0 Å². The van der Waals surface area contributed by atoms with Gasteiger partial charge in [-0.25, -0.2) is 0 Å². The maximum absolute atomic E-state index is 8.41. The molecular weight excluding hydrogens is 142 g/mol. The van der Waals surface area contributed by atoms with E-state index in [9.17, 15) is 0 Å². The predicted molar refractivity (Wildman–Crippen MR) is 41.6 cm³/mol. The monoisotopic (exact) mass is 155 g/mol. The molecule has 11 heavy (non-hydrogen) atoms. The third-order valence-corrected chi connectivity index (χ3v) is 1.15. The van der Waals surface area contributed by atoms with Gasteiger partial charge < -0.3 is 9.84 Å². The molecular formula is C8H13NO2. The highest BCUT2D eigenvalue weighted by atomic mass is 16.5. The lowest BCUT2D eigenvalue weighted by Crippen LogP contribution is -1.93. The van der Waals surface area contributed by atoms with Gasteiger partial charge in [-0.15, -0.1) is 0 Å². The first-order chi connectivity index (χ1) is 5.31. The van der Waals surface area contributed by atoms with Crippen molar-refractivity contribution in [2.45, 2.75) is 19.8 Å². The van der Waals surface area contributed by atoms with E-state index < -0.39 is 0 Å². The summed E-state index contributed by atoms with van der Waals surface area (Å²) in [7, 11) is 0. The van der Waals surface area contributed by atoms with Gasteiger partial charge in [0.1, 0.15) is 5.76 Å². The molecule has 0 amide bonds. The molecule has 3 heteroatoms. The Morgan fingerprint density at radius 1 is 1.64 bits per heavy atom. The smallest absolute Gasteiger partial charge is 0.103 e. The summed E-state index contributed by atoms with van der Waals surface area (Å²) >= 11 is 0. The fourth-order valence-corrected chi connectivity index (χ4v) is 0.580. The quantitative estimate of drug-likeness (QED) is 0.369. The number of aliphatic hydroxyl groups is 1. The van der Waals surface area contributed by atoms with Gasteiger partial charge in [0.25, 0.3) is 0 Å². The van der Waals surface area contributed by atoms with Crippen molar-refractivity contribution in [3.05, 3.63) is 11.8 Å². The van der Waals surface area contributed by atoms with Crippen LogP contribution in [0.5, 0.6) is 0 Å². The minimum atomic E-state index is 0.199. The minimum absolute atomic E-state index is 0.199. The molecule has 0 fully saturated rings. The Morgan fingerprint density at radius 2 is 2.36 bits per heavy atom. The molecule has 0 aliphatic heterocycles. The van der Waals surface area contributed by atoms with Crippen molar-refractivity contribution >= 4 is 0 Å². The summed E-state index contributed by atoms with van der Waals surface area (Å²) in [5.74, 6) is 0.630. The summed E-state index contributed by atoms with van der Waals surface area (Å²) in [6, 6.07) is 1.87. The maximum atomic E-state index is 8.41. The zero-order valence-corrected chi connectivity index (χ0v) is 6.71. The number of hydrogen-bond acceptors (Lipinski definition) is 3. The third-order valence-electron chi connectivity index (χ3n) is 1.15. The number of allylic oxidation sites excluding steroid dienone is 2. The van der Waals surface area contributed by atoms with E-state index in [1.54, 1.807) is 6.92 Å². The molecule has 3 nitrogen and oxygen atoms in total. The Hall–Kier alpha value is -1.01. The van der Waals surface area contributed by atoms with E-state index in [0.717, 1.165) is 12.8 Å². The van der Waals surface area contributed by atoms with Crippen LogP contribution in [0.15, 0.2) is 11.8 Å². The van der Waals surface area contributed by atoms with Gasteiger partial charge >= 0.3 is 0 Å². The average Bonchev–Trinajstić information content (AvgIpc) is 1.99. The Morgan fingerprint density at radius 3 is 2.91 bits per heavy atom. The van der Waals surface area contributed by atoms with E-state index in [4.69, 9.17) is 15.1 Å². The van der Waals surface area contributed by atoms with Gasteiger partial charge in [-0.05, 0) is 19.8 Å². The second-order valence-corrected chi connectivity index (χ2v) is 2.16. The van der Waals surface area contributed by atoms with Crippen molar-refractivity contribution in [1.82, 2.24) is 0 Å². The molecule has 0 heterocycles. The van der Waals surface area contributed by atoms with Gasteiger partial charge in [0, 0.05) is 6.61 Å². The molecule has 0 bridgehead atoms. The molecule has 0 aliphatic rings. The minimum Gasteiger partial charge on any atom is -0.497 e. The zero-order chi connectivity index (χ0) is 8.53. The predicted octanol–water partition coefficient (Wildman–Crippen LogP) is 1.20. The molecule has 0 saturated heterocycles. The molecule has 0 aliphatic carbocycles. The van der Waals surface area contributed by atoms with Crippen molar-refractivity contribution in [3.63, 3.8) is 0 Å². The number of unbranched alkanes of at least 4 members (excludes halogenated alkanes) is 1. The molecule has 1 N–H and O–H groups in total. The highest BCUT2D eigenvalue weighted by Crippen LogP contribution is 1.97.